The molecule has 1 aliphatic carbocycles. The van der Waals surface area contributed by atoms with Crippen LogP contribution in [0.1, 0.15) is 44.3 Å². The maximum absolute atomic E-state index is 4.36. The van der Waals surface area contributed by atoms with Gasteiger partial charge in [-0.15, -0.1) is 0 Å². The van der Waals surface area contributed by atoms with Gasteiger partial charge >= 0.3 is 0 Å². The fourth-order valence-corrected chi connectivity index (χ4v) is 2.84. The van der Waals surface area contributed by atoms with E-state index in [1.165, 1.54) is 38.8 Å². The zero-order valence-corrected chi connectivity index (χ0v) is 11.0. The van der Waals surface area contributed by atoms with Crippen LogP contribution in [0.25, 0.3) is 0 Å². The molecule has 1 aliphatic heterocycles. The third kappa shape index (κ3) is 2.87. The first-order valence-corrected chi connectivity index (χ1v) is 7.09. The Labute approximate surface area is 109 Å². The lowest BCUT2D eigenvalue weighted by Gasteiger charge is -2.33. The highest BCUT2D eigenvalue weighted by Crippen LogP contribution is 2.29. The SMILES string of the molecule is CC(NC1CCN(C2CC2)CC1)c1cnccn1. The molecule has 1 aromatic rings. The van der Waals surface area contributed by atoms with Crippen molar-refractivity contribution < 1.29 is 0 Å². The standard InChI is InChI=1S/C14H22N4/c1-11(14-10-15-6-7-16-14)17-12-4-8-18(9-5-12)13-2-3-13/h6-7,10-13,17H,2-5,8-9H2,1H3. The summed E-state index contributed by atoms with van der Waals surface area (Å²) >= 11 is 0. The molecule has 0 spiro atoms. The van der Waals surface area contributed by atoms with Gasteiger partial charge in [0, 0.05) is 36.7 Å². The van der Waals surface area contributed by atoms with E-state index in [9.17, 15) is 0 Å². The van der Waals surface area contributed by atoms with E-state index in [0.29, 0.717) is 12.1 Å². The van der Waals surface area contributed by atoms with Crippen molar-refractivity contribution in [2.45, 2.75) is 50.7 Å². The second-order valence-electron chi connectivity index (χ2n) is 5.56. The van der Waals surface area contributed by atoms with Gasteiger partial charge in [-0.05, 0) is 45.7 Å². The molecule has 1 N–H and O–H groups in total. The van der Waals surface area contributed by atoms with E-state index < -0.39 is 0 Å². The average molecular weight is 246 g/mol. The minimum Gasteiger partial charge on any atom is -0.306 e. The summed E-state index contributed by atoms with van der Waals surface area (Å²) in [6.45, 7) is 4.70. The molecule has 98 valence electrons. The number of likely N-dealkylation sites (tertiary alicyclic amines) is 1. The Kier molecular flexibility index (Phi) is 3.57. The fourth-order valence-electron chi connectivity index (χ4n) is 2.84. The number of nitrogens with one attached hydrogen (secondary N) is 1. The van der Waals surface area contributed by atoms with Gasteiger partial charge in [-0.1, -0.05) is 0 Å². The molecule has 18 heavy (non-hydrogen) atoms. The number of hydrogen-bond acceptors (Lipinski definition) is 4. The normalized spacial score (nSPS) is 24.1. The van der Waals surface area contributed by atoms with Crippen LogP contribution in [0.3, 0.4) is 0 Å². The molecule has 2 heterocycles. The van der Waals surface area contributed by atoms with Gasteiger partial charge in [-0.25, -0.2) is 0 Å². The Balaban J connectivity index is 1.48. The molecule has 2 fully saturated rings. The summed E-state index contributed by atoms with van der Waals surface area (Å²) in [7, 11) is 0. The molecule has 0 aromatic carbocycles. The molecule has 0 radical (unpaired) electrons. The van der Waals surface area contributed by atoms with Crippen molar-refractivity contribution in [3.63, 3.8) is 0 Å². The summed E-state index contributed by atoms with van der Waals surface area (Å²) in [5, 5.41) is 3.69. The van der Waals surface area contributed by atoms with Crippen LogP contribution in [0.15, 0.2) is 18.6 Å². The summed E-state index contributed by atoms with van der Waals surface area (Å²) < 4.78 is 0. The highest BCUT2D eigenvalue weighted by Gasteiger charge is 2.32. The smallest absolute Gasteiger partial charge is 0.0753 e. The van der Waals surface area contributed by atoms with Crippen molar-refractivity contribution >= 4 is 0 Å². The number of rotatable bonds is 4. The largest absolute Gasteiger partial charge is 0.306 e. The van der Waals surface area contributed by atoms with Crippen molar-refractivity contribution in [2.75, 3.05) is 13.1 Å². The van der Waals surface area contributed by atoms with Crippen LogP contribution in [-0.2, 0) is 0 Å². The lowest BCUT2D eigenvalue weighted by atomic mass is 10.0. The molecule has 1 saturated heterocycles. The van der Waals surface area contributed by atoms with Gasteiger partial charge in [0.15, 0.2) is 0 Å². The van der Waals surface area contributed by atoms with E-state index in [1.54, 1.807) is 12.4 Å². The van der Waals surface area contributed by atoms with Crippen LogP contribution in [0.2, 0.25) is 0 Å². The molecule has 4 heteroatoms. The van der Waals surface area contributed by atoms with Crippen molar-refractivity contribution in [3.8, 4) is 0 Å². The van der Waals surface area contributed by atoms with Crippen LogP contribution < -0.4 is 5.32 Å². The van der Waals surface area contributed by atoms with Crippen LogP contribution in [0.4, 0.5) is 0 Å². The number of hydrogen-bond donors (Lipinski definition) is 1. The van der Waals surface area contributed by atoms with E-state index in [-0.39, 0.29) is 0 Å². The monoisotopic (exact) mass is 246 g/mol. The Morgan fingerprint density at radius 1 is 1.22 bits per heavy atom. The van der Waals surface area contributed by atoms with Crippen molar-refractivity contribution in [1.82, 2.24) is 20.2 Å². The lowest BCUT2D eigenvalue weighted by Crippen LogP contribution is -2.44. The molecule has 0 amide bonds. The molecule has 1 saturated carbocycles. The lowest BCUT2D eigenvalue weighted by molar-refractivity contribution is 0.184. The van der Waals surface area contributed by atoms with Crippen molar-refractivity contribution in [3.05, 3.63) is 24.3 Å². The maximum Gasteiger partial charge on any atom is 0.0753 e. The Hall–Kier alpha value is -1.00. The van der Waals surface area contributed by atoms with E-state index >= 15 is 0 Å². The molecule has 2 aliphatic rings. The molecule has 0 bridgehead atoms. The van der Waals surface area contributed by atoms with Gasteiger partial charge < -0.3 is 10.2 Å². The average Bonchev–Trinajstić information content (AvgIpc) is 3.25. The Morgan fingerprint density at radius 2 is 2.00 bits per heavy atom. The van der Waals surface area contributed by atoms with E-state index in [1.807, 2.05) is 6.20 Å². The first-order chi connectivity index (χ1) is 8.83. The molecule has 3 rings (SSSR count). The quantitative estimate of drug-likeness (QED) is 0.879. The topological polar surface area (TPSA) is 41.0 Å². The van der Waals surface area contributed by atoms with Crippen LogP contribution >= 0.6 is 0 Å². The van der Waals surface area contributed by atoms with Gasteiger partial charge in [-0.2, -0.15) is 0 Å². The second kappa shape index (κ2) is 5.33. The van der Waals surface area contributed by atoms with E-state index in [2.05, 4.69) is 27.1 Å². The maximum atomic E-state index is 4.36. The minimum absolute atomic E-state index is 0.302. The summed E-state index contributed by atoms with van der Waals surface area (Å²) in [5.41, 5.74) is 1.04. The Morgan fingerprint density at radius 3 is 2.61 bits per heavy atom. The molecule has 1 unspecified atom stereocenters. The van der Waals surface area contributed by atoms with Gasteiger partial charge in [0.25, 0.3) is 0 Å². The predicted molar refractivity (Wildman–Crippen MR) is 71.2 cm³/mol. The number of piperidine rings is 1. The first-order valence-electron chi connectivity index (χ1n) is 7.09. The highest BCUT2D eigenvalue weighted by molar-refractivity contribution is 5.01. The highest BCUT2D eigenvalue weighted by atomic mass is 15.2. The number of aromatic nitrogens is 2. The molecule has 1 aromatic heterocycles. The molecule has 1 atom stereocenters. The first kappa shape index (κ1) is 12.1. The second-order valence-corrected chi connectivity index (χ2v) is 5.56. The van der Waals surface area contributed by atoms with E-state index in [0.717, 1.165) is 11.7 Å². The van der Waals surface area contributed by atoms with Crippen molar-refractivity contribution in [1.29, 1.82) is 0 Å². The summed E-state index contributed by atoms with van der Waals surface area (Å²) in [6.07, 6.45) is 10.7. The zero-order chi connectivity index (χ0) is 12.4. The van der Waals surface area contributed by atoms with Crippen LogP contribution in [0.5, 0.6) is 0 Å². The van der Waals surface area contributed by atoms with E-state index in [4.69, 9.17) is 0 Å². The minimum atomic E-state index is 0.302. The zero-order valence-electron chi connectivity index (χ0n) is 11.0. The van der Waals surface area contributed by atoms with Crippen LogP contribution in [-0.4, -0.2) is 40.0 Å². The summed E-state index contributed by atoms with van der Waals surface area (Å²) in [6, 6.07) is 1.86. The predicted octanol–water partition coefficient (Wildman–Crippen LogP) is 1.75. The van der Waals surface area contributed by atoms with Gasteiger partial charge in [0.05, 0.1) is 5.69 Å². The molecular weight excluding hydrogens is 224 g/mol. The Bertz CT molecular complexity index is 369. The van der Waals surface area contributed by atoms with Gasteiger partial charge in [-0.3, -0.25) is 9.97 Å². The third-order valence-corrected chi connectivity index (χ3v) is 4.11. The third-order valence-electron chi connectivity index (χ3n) is 4.11. The fraction of sp³-hybridized carbons (Fsp3) is 0.714. The number of nitrogens with zero attached hydrogens (tertiary/aromatic N) is 3. The molecule has 4 nitrogen and oxygen atoms in total. The van der Waals surface area contributed by atoms with Crippen molar-refractivity contribution in [2.24, 2.45) is 0 Å². The van der Waals surface area contributed by atoms with Gasteiger partial charge in [0.1, 0.15) is 0 Å². The summed E-state index contributed by atoms with van der Waals surface area (Å²) in [4.78, 5) is 11.2. The molecular formula is C14H22N4. The summed E-state index contributed by atoms with van der Waals surface area (Å²) in [5.74, 6) is 0. The van der Waals surface area contributed by atoms with Crippen LogP contribution in [0, 0.1) is 0 Å². The van der Waals surface area contributed by atoms with Gasteiger partial charge in [0.2, 0.25) is 0 Å².